The zero-order valence-corrected chi connectivity index (χ0v) is 12.3. The molecule has 2 fully saturated rings. The molecule has 1 N–H and O–H groups in total. The van der Waals surface area contributed by atoms with Gasteiger partial charge in [0.15, 0.2) is 0 Å². The van der Waals surface area contributed by atoms with Crippen molar-refractivity contribution in [1.29, 1.82) is 0 Å². The molecular formula is C14H26F3N3. The summed E-state index contributed by atoms with van der Waals surface area (Å²) in [5.74, 6) is 0. The smallest absolute Gasteiger partial charge is 0.311 e. The molecule has 2 aliphatic heterocycles. The predicted octanol–water partition coefficient (Wildman–Crippen LogP) is 2.09. The van der Waals surface area contributed by atoms with Crippen LogP contribution in [0.2, 0.25) is 0 Å². The largest absolute Gasteiger partial charge is 0.401 e. The van der Waals surface area contributed by atoms with Crippen molar-refractivity contribution in [2.24, 2.45) is 0 Å². The Morgan fingerprint density at radius 1 is 0.900 bits per heavy atom. The topological polar surface area (TPSA) is 18.5 Å². The van der Waals surface area contributed by atoms with E-state index in [0.29, 0.717) is 25.2 Å². The summed E-state index contributed by atoms with van der Waals surface area (Å²) in [6.45, 7) is 5.94. The maximum Gasteiger partial charge on any atom is 0.401 e. The van der Waals surface area contributed by atoms with Gasteiger partial charge < -0.3 is 10.2 Å². The summed E-state index contributed by atoms with van der Waals surface area (Å²) in [5.41, 5.74) is 0. The lowest BCUT2D eigenvalue weighted by Gasteiger charge is -2.37. The van der Waals surface area contributed by atoms with Gasteiger partial charge in [0.1, 0.15) is 0 Å². The lowest BCUT2D eigenvalue weighted by molar-refractivity contribution is -0.148. The molecule has 20 heavy (non-hydrogen) atoms. The standard InChI is InChI=1S/C14H26F3N3/c1-2-19-7-3-12(4-8-19)18-13-5-9-20(10-6-13)11-14(15,16)17/h12-13,18H,2-11H2,1H3. The van der Waals surface area contributed by atoms with Gasteiger partial charge in [0.2, 0.25) is 0 Å². The molecule has 0 aromatic heterocycles. The number of alkyl halides is 3. The van der Waals surface area contributed by atoms with Gasteiger partial charge in [-0.3, -0.25) is 4.90 Å². The molecule has 0 aromatic rings. The van der Waals surface area contributed by atoms with E-state index in [1.54, 1.807) is 0 Å². The summed E-state index contributed by atoms with van der Waals surface area (Å²) in [4.78, 5) is 3.97. The zero-order valence-electron chi connectivity index (χ0n) is 12.3. The minimum absolute atomic E-state index is 0.401. The van der Waals surface area contributed by atoms with Gasteiger partial charge in [-0.25, -0.2) is 0 Å². The van der Waals surface area contributed by atoms with Gasteiger partial charge in [-0.05, 0) is 58.4 Å². The van der Waals surface area contributed by atoms with Crippen molar-refractivity contribution in [3.05, 3.63) is 0 Å². The Kier molecular flexibility index (Phi) is 5.69. The van der Waals surface area contributed by atoms with Crippen molar-refractivity contribution in [1.82, 2.24) is 15.1 Å². The van der Waals surface area contributed by atoms with Crippen LogP contribution in [0.5, 0.6) is 0 Å². The summed E-state index contributed by atoms with van der Waals surface area (Å²) in [6.07, 6.45) is -0.0609. The Bertz CT molecular complexity index is 280. The predicted molar refractivity (Wildman–Crippen MR) is 73.8 cm³/mol. The van der Waals surface area contributed by atoms with E-state index >= 15 is 0 Å². The third-order valence-electron chi connectivity index (χ3n) is 4.50. The van der Waals surface area contributed by atoms with Crippen LogP contribution in [-0.2, 0) is 0 Å². The van der Waals surface area contributed by atoms with Crippen LogP contribution in [0.3, 0.4) is 0 Å². The fraction of sp³-hybridized carbons (Fsp3) is 1.00. The number of halogens is 3. The zero-order chi connectivity index (χ0) is 14.6. The van der Waals surface area contributed by atoms with Crippen LogP contribution in [0, 0.1) is 0 Å². The van der Waals surface area contributed by atoms with E-state index in [-0.39, 0.29) is 0 Å². The van der Waals surface area contributed by atoms with Crippen LogP contribution in [0.1, 0.15) is 32.6 Å². The Labute approximate surface area is 119 Å². The van der Waals surface area contributed by atoms with Crippen LogP contribution < -0.4 is 5.32 Å². The van der Waals surface area contributed by atoms with Crippen molar-refractivity contribution in [3.63, 3.8) is 0 Å². The van der Waals surface area contributed by atoms with E-state index in [1.165, 1.54) is 4.90 Å². The van der Waals surface area contributed by atoms with Crippen molar-refractivity contribution in [2.45, 2.75) is 50.9 Å². The van der Waals surface area contributed by atoms with Gasteiger partial charge in [-0.2, -0.15) is 13.2 Å². The Hall–Kier alpha value is -0.330. The molecule has 0 amide bonds. The van der Waals surface area contributed by atoms with Crippen LogP contribution >= 0.6 is 0 Å². The first-order chi connectivity index (χ1) is 9.46. The Balaban J connectivity index is 1.65. The van der Waals surface area contributed by atoms with E-state index in [2.05, 4.69) is 17.1 Å². The van der Waals surface area contributed by atoms with Crippen LogP contribution in [0.15, 0.2) is 0 Å². The van der Waals surface area contributed by atoms with Crippen LogP contribution in [0.4, 0.5) is 13.2 Å². The molecule has 0 aromatic carbocycles. The number of nitrogens with zero attached hydrogens (tertiary/aromatic N) is 2. The molecule has 2 aliphatic rings. The van der Waals surface area contributed by atoms with Gasteiger partial charge in [0, 0.05) is 12.1 Å². The number of rotatable bonds is 4. The van der Waals surface area contributed by atoms with Crippen LogP contribution in [0.25, 0.3) is 0 Å². The second-order valence-electron chi connectivity index (χ2n) is 6.04. The fourth-order valence-electron chi connectivity index (χ4n) is 3.26. The molecule has 0 spiro atoms. The number of likely N-dealkylation sites (tertiary alicyclic amines) is 2. The van der Waals surface area contributed by atoms with Gasteiger partial charge in [-0.1, -0.05) is 6.92 Å². The molecule has 0 bridgehead atoms. The average Bonchev–Trinajstić information content (AvgIpc) is 2.40. The lowest BCUT2D eigenvalue weighted by atomic mass is 9.99. The van der Waals surface area contributed by atoms with Gasteiger partial charge >= 0.3 is 6.18 Å². The molecule has 2 rings (SSSR count). The third-order valence-corrected chi connectivity index (χ3v) is 4.50. The second-order valence-corrected chi connectivity index (χ2v) is 6.04. The highest BCUT2D eigenvalue weighted by atomic mass is 19.4. The molecule has 0 atom stereocenters. The van der Waals surface area contributed by atoms with E-state index in [1.807, 2.05) is 0 Å². The SMILES string of the molecule is CCN1CCC(NC2CCN(CC(F)(F)F)CC2)CC1. The highest BCUT2D eigenvalue weighted by Gasteiger charge is 2.33. The first-order valence-electron chi connectivity index (χ1n) is 7.74. The minimum atomic E-state index is -4.06. The van der Waals surface area contributed by atoms with E-state index in [9.17, 15) is 13.2 Å². The molecule has 3 nitrogen and oxygen atoms in total. The molecular weight excluding hydrogens is 267 g/mol. The minimum Gasteiger partial charge on any atom is -0.311 e. The summed E-state index contributed by atoms with van der Waals surface area (Å²) in [6, 6.07) is 0.953. The summed E-state index contributed by atoms with van der Waals surface area (Å²) in [7, 11) is 0. The van der Waals surface area contributed by atoms with E-state index in [0.717, 1.165) is 45.3 Å². The normalized spacial score (nSPS) is 25.2. The molecule has 2 heterocycles. The maximum absolute atomic E-state index is 12.3. The van der Waals surface area contributed by atoms with E-state index in [4.69, 9.17) is 0 Å². The molecule has 6 heteroatoms. The highest BCUT2D eigenvalue weighted by molar-refractivity contribution is 4.84. The Morgan fingerprint density at radius 2 is 1.35 bits per heavy atom. The lowest BCUT2D eigenvalue weighted by Crippen LogP contribution is -2.50. The molecule has 0 saturated carbocycles. The highest BCUT2D eigenvalue weighted by Crippen LogP contribution is 2.20. The van der Waals surface area contributed by atoms with Crippen molar-refractivity contribution in [2.75, 3.05) is 39.3 Å². The third kappa shape index (κ3) is 5.22. The Morgan fingerprint density at radius 3 is 1.75 bits per heavy atom. The van der Waals surface area contributed by atoms with Crippen molar-refractivity contribution < 1.29 is 13.2 Å². The van der Waals surface area contributed by atoms with Crippen molar-refractivity contribution >= 4 is 0 Å². The van der Waals surface area contributed by atoms with Crippen LogP contribution in [-0.4, -0.2) is 67.3 Å². The summed E-state index contributed by atoms with van der Waals surface area (Å²) >= 11 is 0. The molecule has 2 saturated heterocycles. The molecule has 0 unspecified atom stereocenters. The number of piperidine rings is 2. The number of hydrogen-bond donors (Lipinski definition) is 1. The first-order valence-corrected chi connectivity index (χ1v) is 7.74. The quantitative estimate of drug-likeness (QED) is 0.856. The average molecular weight is 293 g/mol. The number of nitrogens with one attached hydrogen (secondary N) is 1. The summed E-state index contributed by atoms with van der Waals surface area (Å²) < 4.78 is 37.0. The molecule has 0 aliphatic carbocycles. The summed E-state index contributed by atoms with van der Waals surface area (Å²) in [5, 5.41) is 3.65. The van der Waals surface area contributed by atoms with E-state index < -0.39 is 12.7 Å². The monoisotopic (exact) mass is 293 g/mol. The maximum atomic E-state index is 12.3. The number of hydrogen-bond acceptors (Lipinski definition) is 3. The van der Waals surface area contributed by atoms with Gasteiger partial charge in [0.05, 0.1) is 6.54 Å². The molecule has 118 valence electrons. The first kappa shape index (κ1) is 16.0. The second kappa shape index (κ2) is 7.09. The van der Waals surface area contributed by atoms with Gasteiger partial charge in [0.25, 0.3) is 0 Å². The van der Waals surface area contributed by atoms with Crippen molar-refractivity contribution in [3.8, 4) is 0 Å². The van der Waals surface area contributed by atoms with Gasteiger partial charge in [-0.15, -0.1) is 0 Å². The fourth-order valence-corrected chi connectivity index (χ4v) is 3.26. The molecule has 0 radical (unpaired) electrons.